The van der Waals surface area contributed by atoms with Crippen molar-refractivity contribution in [3.05, 3.63) is 62.5 Å². The Hall–Kier alpha value is -1.80. The van der Waals surface area contributed by atoms with Gasteiger partial charge in [-0.05, 0) is 23.6 Å². The number of rotatable bonds is 4. The second kappa shape index (κ2) is 8.06. The van der Waals surface area contributed by atoms with Crippen LogP contribution < -0.4 is 0 Å². The molecule has 1 amide bonds. The highest BCUT2D eigenvalue weighted by molar-refractivity contribution is 7.14. The number of halogens is 2. The molecule has 1 aliphatic heterocycles. The van der Waals surface area contributed by atoms with Gasteiger partial charge in [-0.1, -0.05) is 17.7 Å². The van der Waals surface area contributed by atoms with Crippen LogP contribution in [-0.4, -0.2) is 46.9 Å². The van der Waals surface area contributed by atoms with Gasteiger partial charge in [-0.25, -0.2) is 9.37 Å². The van der Waals surface area contributed by atoms with Crippen LogP contribution in [0.15, 0.2) is 40.4 Å². The molecule has 0 aliphatic carbocycles. The van der Waals surface area contributed by atoms with Gasteiger partial charge < -0.3 is 4.90 Å². The predicted molar refractivity (Wildman–Crippen MR) is 108 cm³/mol. The maximum absolute atomic E-state index is 14.0. The SMILES string of the molecule is O=C(c1c(F)cccc1Cl)N1CCN(Cc2csc(-c3ccsc3)n2)CC1. The van der Waals surface area contributed by atoms with Crippen molar-refractivity contribution in [3.8, 4) is 10.6 Å². The Morgan fingerprint density at radius 1 is 1.19 bits per heavy atom. The van der Waals surface area contributed by atoms with Gasteiger partial charge in [0.15, 0.2) is 0 Å². The maximum atomic E-state index is 14.0. The Morgan fingerprint density at radius 3 is 2.70 bits per heavy atom. The molecule has 1 aromatic carbocycles. The van der Waals surface area contributed by atoms with Gasteiger partial charge in [0.05, 0.1) is 16.3 Å². The van der Waals surface area contributed by atoms with Crippen molar-refractivity contribution in [1.82, 2.24) is 14.8 Å². The zero-order valence-electron chi connectivity index (χ0n) is 14.4. The lowest BCUT2D eigenvalue weighted by Gasteiger charge is -2.34. The minimum absolute atomic E-state index is 0.0347. The summed E-state index contributed by atoms with van der Waals surface area (Å²) in [6.45, 7) is 3.30. The van der Waals surface area contributed by atoms with E-state index in [2.05, 4.69) is 27.1 Å². The molecule has 0 spiro atoms. The summed E-state index contributed by atoms with van der Waals surface area (Å²) in [7, 11) is 0. The summed E-state index contributed by atoms with van der Waals surface area (Å²) in [4.78, 5) is 21.3. The molecule has 0 N–H and O–H groups in total. The molecule has 0 radical (unpaired) electrons. The first-order chi connectivity index (χ1) is 13.1. The number of nitrogens with zero attached hydrogens (tertiary/aromatic N) is 3. The molecule has 0 atom stereocenters. The number of carbonyl (C=O) groups excluding carboxylic acids is 1. The fraction of sp³-hybridized carbons (Fsp3) is 0.263. The molecule has 1 aliphatic rings. The molecule has 8 heteroatoms. The first-order valence-electron chi connectivity index (χ1n) is 8.54. The highest BCUT2D eigenvalue weighted by Crippen LogP contribution is 2.26. The molecule has 4 nitrogen and oxygen atoms in total. The number of thiazole rings is 1. The number of aromatic nitrogens is 1. The predicted octanol–water partition coefficient (Wildman–Crippen LogP) is 4.62. The van der Waals surface area contributed by atoms with Crippen LogP contribution >= 0.6 is 34.3 Å². The van der Waals surface area contributed by atoms with Crippen molar-refractivity contribution >= 4 is 40.2 Å². The van der Waals surface area contributed by atoms with Gasteiger partial charge in [-0.3, -0.25) is 9.69 Å². The molecule has 1 fully saturated rings. The van der Waals surface area contributed by atoms with E-state index >= 15 is 0 Å². The second-order valence-electron chi connectivity index (χ2n) is 6.32. The van der Waals surface area contributed by atoms with Gasteiger partial charge in [-0.2, -0.15) is 11.3 Å². The summed E-state index contributed by atoms with van der Waals surface area (Å²) in [5, 5.41) is 7.43. The minimum Gasteiger partial charge on any atom is -0.336 e. The number of carbonyl (C=O) groups is 1. The van der Waals surface area contributed by atoms with Crippen molar-refractivity contribution in [1.29, 1.82) is 0 Å². The highest BCUT2D eigenvalue weighted by atomic mass is 35.5. The van der Waals surface area contributed by atoms with Crippen LogP contribution in [0.25, 0.3) is 10.6 Å². The molecule has 140 valence electrons. The Labute approximate surface area is 169 Å². The van der Waals surface area contributed by atoms with Crippen molar-refractivity contribution in [2.75, 3.05) is 26.2 Å². The average Bonchev–Trinajstić information content (AvgIpc) is 3.33. The lowest BCUT2D eigenvalue weighted by molar-refractivity contribution is 0.0623. The van der Waals surface area contributed by atoms with E-state index in [-0.39, 0.29) is 16.5 Å². The third kappa shape index (κ3) is 4.06. The summed E-state index contributed by atoms with van der Waals surface area (Å²) in [5.41, 5.74) is 2.17. The fourth-order valence-electron chi connectivity index (χ4n) is 3.10. The average molecular weight is 422 g/mol. The van der Waals surface area contributed by atoms with Gasteiger partial charge in [-0.15, -0.1) is 11.3 Å². The van der Waals surface area contributed by atoms with E-state index in [0.29, 0.717) is 13.1 Å². The van der Waals surface area contributed by atoms with Gasteiger partial charge in [0.2, 0.25) is 0 Å². The summed E-state index contributed by atoms with van der Waals surface area (Å²) >= 11 is 9.33. The van der Waals surface area contributed by atoms with Crippen LogP contribution in [0, 0.1) is 5.82 Å². The number of hydrogen-bond acceptors (Lipinski definition) is 5. The number of benzene rings is 1. The maximum Gasteiger partial charge on any atom is 0.258 e. The lowest BCUT2D eigenvalue weighted by Crippen LogP contribution is -2.48. The zero-order valence-corrected chi connectivity index (χ0v) is 16.8. The zero-order chi connectivity index (χ0) is 18.8. The van der Waals surface area contributed by atoms with E-state index in [0.717, 1.165) is 35.9 Å². The number of thiophene rings is 1. The molecule has 0 bridgehead atoms. The molecule has 4 rings (SSSR count). The fourth-order valence-corrected chi connectivity index (χ4v) is 4.86. The molecule has 27 heavy (non-hydrogen) atoms. The van der Waals surface area contributed by atoms with Crippen molar-refractivity contribution < 1.29 is 9.18 Å². The van der Waals surface area contributed by atoms with E-state index in [9.17, 15) is 9.18 Å². The van der Waals surface area contributed by atoms with Crippen LogP contribution in [0.4, 0.5) is 4.39 Å². The van der Waals surface area contributed by atoms with Crippen LogP contribution in [0.5, 0.6) is 0 Å². The van der Waals surface area contributed by atoms with Gasteiger partial charge >= 0.3 is 0 Å². The van der Waals surface area contributed by atoms with Crippen LogP contribution in [0.3, 0.4) is 0 Å². The Balaban J connectivity index is 1.36. The lowest BCUT2D eigenvalue weighted by atomic mass is 10.1. The Bertz CT molecular complexity index is 916. The molecular formula is C19H17ClFN3OS2. The van der Waals surface area contributed by atoms with Crippen molar-refractivity contribution in [3.63, 3.8) is 0 Å². The topological polar surface area (TPSA) is 36.4 Å². The largest absolute Gasteiger partial charge is 0.336 e. The highest BCUT2D eigenvalue weighted by Gasteiger charge is 2.26. The summed E-state index contributed by atoms with van der Waals surface area (Å²) in [6, 6.07) is 6.39. The molecule has 3 aromatic rings. The standard InChI is InChI=1S/C19H17ClFN3OS2/c20-15-2-1-3-16(21)17(15)19(25)24-7-5-23(6-8-24)10-14-12-27-18(22-14)13-4-9-26-11-13/h1-4,9,11-12H,5-8,10H2. The van der Waals surface area contributed by atoms with E-state index in [1.165, 1.54) is 12.1 Å². The third-order valence-corrected chi connectivity index (χ3v) is 6.48. The summed E-state index contributed by atoms with van der Waals surface area (Å²) in [6.07, 6.45) is 0. The molecule has 1 saturated heterocycles. The first kappa shape index (κ1) is 18.6. The van der Waals surface area contributed by atoms with E-state index < -0.39 is 5.82 Å². The molecule has 3 heterocycles. The number of piperazine rings is 1. The van der Waals surface area contributed by atoms with Crippen LogP contribution in [0.1, 0.15) is 16.1 Å². The van der Waals surface area contributed by atoms with Gasteiger partial charge in [0.25, 0.3) is 5.91 Å². The quantitative estimate of drug-likeness (QED) is 0.616. The van der Waals surface area contributed by atoms with Crippen LogP contribution in [-0.2, 0) is 6.54 Å². The number of amides is 1. The minimum atomic E-state index is -0.571. The van der Waals surface area contributed by atoms with Crippen LogP contribution in [0.2, 0.25) is 5.02 Å². The van der Waals surface area contributed by atoms with E-state index in [4.69, 9.17) is 16.6 Å². The van der Waals surface area contributed by atoms with Crippen molar-refractivity contribution in [2.45, 2.75) is 6.54 Å². The third-order valence-electron chi connectivity index (χ3n) is 4.54. The first-order valence-corrected chi connectivity index (χ1v) is 10.7. The summed E-state index contributed by atoms with van der Waals surface area (Å²) < 4.78 is 14.0. The number of hydrogen-bond donors (Lipinski definition) is 0. The Kier molecular flexibility index (Phi) is 5.54. The second-order valence-corrected chi connectivity index (χ2v) is 8.37. The Morgan fingerprint density at radius 2 is 2.00 bits per heavy atom. The van der Waals surface area contributed by atoms with Gasteiger partial charge in [0, 0.05) is 49.0 Å². The molecule has 2 aromatic heterocycles. The van der Waals surface area contributed by atoms with Crippen molar-refractivity contribution in [2.24, 2.45) is 0 Å². The van der Waals surface area contributed by atoms with E-state index in [1.807, 2.05) is 0 Å². The van der Waals surface area contributed by atoms with Gasteiger partial charge in [0.1, 0.15) is 10.8 Å². The summed E-state index contributed by atoms with van der Waals surface area (Å²) in [5.74, 6) is -0.912. The molecule has 0 saturated carbocycles. The normalized spacial score (nSPS) is 15.3. The smallest absolute Gasteiger partial charge is 0.258 e. The molecule has 0 unspecified atom stereocenters. The van der Waals surface area contributed by atoms with E-state index in [1.54, 1.807) is 33.6 Å². The monoisotopic (exact) mass is 421 g/mol. The molecular weight excluding hydrogens is 405 g/mol.